The van der Waals surface area contributed by atoms with Crippen LogP contribution in [-0.4, -0.2) is 5.91 Å². The predicted molar refractivity (Wildman–Crippen MR) is 53.5 cm³/mol. The normalized spacial score (nSPS) is 9.44. The zero-order chi connectivity index (χ0) is 11.3. The fourth-order valence-electron chi connectivity index (χ4n) is 1.12. The van der Waals surface area contributed by atoms with E-state index in [0.717, 1.165) is 17.6 Å². The van der Waals surface area contributed by atoms with E-state index in [1.165, 1.54) is 6.92 Å². The molecule has 0 unspecified atom stereocenters. The molecular weight excluding hydrogens is 241 g/mol. The second-order valence-corrected chi connectivity index (χ2v) is 3.71. The summed E-state index contributed by atoms with van der Waals surface area (Å²) in [5, 5.41) is 15.5. The van der Waals surface area contributed by atoms with Crippen LogP contribution in [0.15, 0.2) is 23.1 Å². The number of hydrogen-bond acceptors (Lipinski definition) is 5. The molecule has 1 aromatic carbocycles. The number of anilines is 1. The zero-order valence-electron chi connectivity index (χ0n) is 9.27. The van der Waals surface area contributed by atoms with E-state index in [-0.39, 0.29) is 35.5 Å². The van der Waals surface area contributed by atoms with Crippen molar-refractivity contribution in [3.8, 4) is 0 Å². The van der Waals surface area contributed by atoms with Crippen LogP contribution < -0.4 is 40.1 Å². The minimum atomic E-state index is -0.155. The van der Waals surface area contributed by atoms with E-state index < -0.39 is 0 Å². The molecule has 0 aromatic heterocycles. The van der Waals surface area contributed by atoms with E-state index in [4.69, 9.17) is 0 Å². The first-order chi connectivity index (χ1) is 7.11. The second kappa shape index (κ2) is 8.08. The second-order valence-electron chi connectivity index (χ2n) is 2.94. The van der Waals surface area contributed by atoms with Gasteiger partial charge in [-0.1, -0.05) is 0 Å². The van der Waals surface area contributed by atoms with Gasteiger partial charge in [-0.2, -0.15) is 4.33 Å². The predicted octanol–water partition coefficient (Wildman–Crippen LogP) is -1.81. The van der Waals surface area contributed by atoms with Gasteiger partial charge in [0, 0.05) is 17.5 Å². The Labute approximate surface area is 120 Å². The molecule has 7 heteroatoms. The average molecular weight is 251 g/mol. The third-order valence-corrected chi connectivity index (χ3v) is 2.08. The molecule has 1 aromatic rings. The summed E-state index contributed by atoms with van der Waals surface area (Å²) in [6, 6.07) is 5.29. The molecule has 1 rings (SSSR count). The smallest absolute Gasteiger partial charge is 0.691 e. The molecule has 0 fully saturated rings. The van der Waals surface area contributed by atoms with Crippen LogP contribution in [0.4, 0.5) is 5.69 Å². The maximum atomic E-state index is 10.8. The van der Waals surface area contributed by atoms with Crippen LogP contribution in [0.1, 0.15) is 12.5 Å². The van der Waals surface area contributed by atoms with Crippen LogP contribution >= 0.6 is 12.0 Å². The Morgan fingerprint density at radius 3 is 2.69 bits per heavy atom. The molecule has 1 amide bonds. The van der Waals surface area contributed by atoms with Gasteiger partial charge >= 0.3 is 29.6 Å². The van der Waals surface area contributed by atoms with E-state index in [0.29, 0.717) is 10.6 Å². The fourth-order valence-corrected chi connectivity index (χ4v) is 1.64. The molecular formula is C9H10NNaO4S. The standard InChI is InChI=1S/C9H11NO4S.Na/c1-6-3-8(10-7(2)11)5-9(4-6)15-14-13-12;/h3-5,12H,1-2H3,(H,10,11);/q;+1/p-1. The Kier molecular flexibility index (Phi) is 8.04. The van der Waals surface area contributed by atoms with Crippen molar-refractivity contribution in [1.82, 2.24) is 0 Å². The molecule has 0 radical (unpaired) electrons. The Bertz CT molecular complexity index is 361. The van der Waals surface area contributed by atoms with Crippen molar-refractivity contribution in [2.75, 3.05) is 5.32 Å². The first-order valence-corrected chi connectivity index (χ1v) is 4.88. The third kappa shape index (κ3) is 5.86. The van der Waals surface area contributed by atoms with Crippen molar-refractivity contribution < 1.29 is 49.0 Å². The van der Waals surface area contributed by atoms with Crippen LogP contribution in [0.2, 0.25) is 0 Å². The van der Waals surface area contributed by atoms with Crippen molar-refractivity contribution in [1.29, 1.82) is 0 Å². The van der Waals surface area contributed by atoms with Gasteiger partial charge in [0.05, 0.1) is 12.0 Å². The van der Waals surface area contributed by atoms with Gasteiger partial charge in [0.1, 0.15) is 0 Å². The molecule has 0 aliphatic rings. The maximum Gasteiger partial charge on any atom is 1.00 e. The van der Waals surface area contributed by atoms with Crippen LogP contribution in [-0.2, 0) is 14.2 Å². The molecule has 0 aliphatic heterocycles. The largest absolute Gasteiger partial charge is 1.00 e. The van der Waals surface area contributed by atoms with Crippen molar-refractivity contribution >= 4 is 23.6 Å². The number of nitrogens with one attached hydrogen (secondary N) is 1. The molecule has 0 bridgehead atoms. The Morgan fingerprint density at radius 2 is 2.12 bits per heavy atom. The molecule has 0 saturated carbocycles. The summed E-state index contributed by atoms with van der Waals surface area (Å²) in [6.07, 6.45) is 0. The van der Waals surface area contributed by atoms with Gasteiger partial charge in [-0.3, -0.25) is 9.83 Å². The van der Waals surface area contributed by atoms with Gasteiger partial charge < -0.3 is 10.6 Å². The number of carbonyl (C=O) groups is 1. The maximum absolute atomic E-state index is 10.8. The number of rotatable bonds is 4. The van der Waals surface area contributed by atoms with E-state index in [1.807, 2.05) is 13.0 Å². The summed E-state index contributed by atoms with van der Waals surface area (Å²) < 4.78 is 4.18. The van der Waals surface area contributed by atoms with Gasteiger partial charge in [-0.25, -0.2) is 0 Å². The number of benzene rings is 1. The summed E-state index contributed by atoms with van der Waals surface area (Å²) in [5.74, 6) is -0.155. The summed E-state index contributed by atoms with van der Waals surface area (Å²) >= 11 is 0.790. The molecule has 1 N–H and O–H groups in total. The van der Waals surface area contributed by atoms with Gasteiger partial charge in [-0.15, -0.1) is 0 Å². The van der Waals surface area contributed by atoms with Crippen molar-refractivity contribution in [2.45, 2.75) is 18.7 Å². The number of carbonyl (C=O) groups excluding carboxylic acids is 1. The molecule has 16 heavy (non-hydrogen) atoms. The van der Waals surface area contributed by atoms with Crippen molar-refractivity contribution in [3.63, 3.8) is 0 Å². The molecule has 0 atom stereocenters. The Morgan fingerprint density at radius 1 is 1.44 bits per heavy atom. The summed E-state index contributed by atoms with van der Waals surface area (Å²) in [6.45, 7) is 3.29. The molecule has 0 saturated heterocycles. The molecule has 0 aliphatic carbocycles. The van der Waals surface area contributed by atoms with Crippen molar-refractivity contribution in [3.05, 3.63) is 23.8 Å². The van der Waals surface area contributed by atoms with Crippen LogP contribution in [0.3, 0.4) is 0 Å². The molecule has 0 spiro atoms. The van der Waals surface area contributed by atoms with Crippen molar-refractivity contribution in [2.24, 2.45) is 0 Å². The monoisotopic (exact) mass is 251 g/mol. The SMILES string of the molecule is CC(=O)Nc1cc(C)cc(SOO[O-])c1.[Na+]. The van der Waals surface area contributed by atoms with E-state index in [2.05, 4.69) is 14.7 Å². The summed E-state index contributed by atoms with van der Waals surface area (Å²) in [7, 11) is 0. The van der Waals surface area contributed by atoms with E-state index >= 15 is 0 Å². The number of hydrogen-bond donors (Lipinski definition) is 1. The topological polar surface area (TPSA) is 70.6 Å². The number of amides is 1. The average Bonchev–Trinajstić information content (AvgIpc) is 2.12. The third-order valence-electron chi connectivity index (χ3n) is 1.53. The first-order valence-electron chi connectivity index (χ1n) is 4.14. The zero-order valence-corrected chi connectivity index (χ0v) is 12.1. The Hall–Kier alpha value is -0.0800. The summed E-state index contributed by atoms with van der Waals surface area (Å²) in [4.78, 5) is 11.5. The van der Waals surface area contributed by atoms with E-state index in [9.17, 15) is 10.1 Å². The summed E-state index contributed by atoms with van der Waals surface area (Å²) in [5.41, 5.74) is 1.60. The number of aryl methyl sites for hydroxylation is 1. The van der Waals surface area contributed by atoms with E-state index in [1.54, 1.807) is 12.1 Å². The molecule has 5 nitrogen and oxygen atoms in total. The molecule has 82 valence electrons. The van der Waals surface area contributed by atoms with Crippen LogP contribution in [0.25, 0.3) is 0 Å². The van der Waals surface area contributed by atoms with Crippen LogP contribution in [0.5, 0.6) is 0 Å². The minimum Gasteiger partial charge on any atom is -0.691 e. The van der Waals surface area contributed by atoms with Gasteiger partial charge in [0.2, 0.25) is 5.91 Å². The van der Waals surface area contributed by atoms with Gasteiger partial charge in [-0.05, 0) is 30.7 Å². The minimum absolute atomic E-state index is 0. The molecule has 0 heterocycles. The quantitative estimate of drug-likeness (QED) is 0.295. The fraction of sp³-hybridized carbons (Fsp3) is 0.222. The van der Waals surface area contributed by atoms with Gasteiger partial charge in [0.25, 0.3) is 0 Å². The Balaban J connectivity index is 0.00000225. The first kappa shape index (κ1) is 15.9. The van der Waals surface area contributed by atoms with Gasteiger partial charge in [0.15, 0.2) is 0 Å². The van der Waals surface area contributed by atoms with Crippen LogP contribution in [0, 0.1) is 6.92 Å².